The standard InChI is InChI=1S/C14H26ClN3O2/c1-13(2,3)16-7-6-14(4,19)12-11(15)10-17-18(12)8-9-20-5/h10,16,19H,6-9H2,1-5H3. The van der Waals surface area contributed by atoms with Gasteiger partial charge in [-0.25, -0.2) is 0 Å². The first-order valence-corrected chi connectivity index (χ1v) is 7.23. The van der Waals surface area contributed by atoms with Crippen molar-refractivity contribution in [2.75, 3.05) is 20.3 Å². The van der Waals surface area contributed by atoms with Crippen LogP contribution in [0.4, 0.5) is 0 Å². The van der Waals surface area contributed by atoms with Gasteiger partial charge < -0.3 is 15.2 Å². The Bertz CT molecular complexity index is 425. The zero-order valence-electron chi connectivity index (χ0n) is 13.0. The molecule has 6 heteroatoms. The number of rotatable bonds is 7. The summed E-state index contributed by atoms with van der Waals surface area (Å²) in [5.74, 6) is 0. The fraction of sp³-hybridized carbons (Fsp3) is 0.786. The third-order valence-electron chi connectivity index (χ3n) is 3.08. The van der Waals surface area contributed by atoms with E-state index in [4.69, 9.17) is 16.3 Å². The third-order valence-corrected chi connectivity index (χ3v) is 3.36. The highest BCUT2D eigenvalue weighted by molar-refractivity contribution is 6.31. The monoisotopic (exact) mass is 303 g/mol. The van der Waals surface area contributed by atoms with Crippen molar-refractivity contribution >= 4 is 11.6 Å². The molecule has 1 unspecified atom stereocenters. The molecule has 0 spiro atoms. The Morgan fingerprint density at radius 3 is 2.60 bits per heavy atom. The topological polar surface area (TPSA) is 59.3 Å². The summed E-state index contributed by atoms with van der Waals surface area (Å²) in [6.45, 7) is 9.85. The average molecular weight is 304 g/mol. The lowest BCUT2D eigenvalue weighted by molar-refractivity contribution is 0.0356. The number of nitrogens with zero attached hydrogens (tertiary/aromatic N) is 2. The maximum Gasteiger partial charge on any atom is 0.106 e. The van der Waals surface area contributed by atoms with Gasteiger partial charge in [-0.2, -0.15) is 5.10 Å². The first-order chi connectivity index (χ1) is 9.17. The van der Waals surface area contributed by atoms with Gasteiger partial charge in [0.15, 0.2) is 0 Å². The molecule has 1 rings (SSSR count). The molecule has 20 heavy (non-hydrogen) atoms. The Kier molecular flexibility index (Phi) is 6.01. The summed E-state index contributed by atoms with van der Waals surface area (Å²) in [4.78, 5) is 0. The van der Waals surface area contributed by atoms with Crippen LogP contribution < -0.4 is 5.32 Å². The maximum absolute atomic E-state index is 10.7. The summed E-state index contributed by atoms with van der Waals surface area (Å²) in [5, 5.41) is 18.8. The number of nitrogens with one attached hydrogen (secondary N) is 1. The summed E-state index contributed by atoms with van der Waals surface area (Å²) in [7, 11) is 1.64. The highest BCUT2D eigenvalue weighted by Gasteiger charge is 2.30. The molecule has 0 saturated heterocycles. The number of aromatic nitrogens is 2. The van der Waals surface area contributed by atoms with Gasteiger partial charge in [-0.15, -0.1) is 0 Å². The zero-order chi connectivity index (χ0) is 15.4. The summed E-state index contributed by atoms with van der Waals surface area (Å²) in [5.41, 5.74) is -0.359. The molecule has 116 valence electrons. The van der Waals surface area contributed by atoms with Gasteiger partial charge in [0.05, 0.1) is 30.1 Å². The first kappa shape index (κ1) is 17.4. The van der Waals surface area contributed by atoms with Gasteiger partial charge in [-0.1, -0.05) is 11.6 Å². The van der Waals surface area contributed by atoms with Crippen LogP contribution in [0, 0.1) is 0 Å². The fourth-order valence-electron chi connectivity index (χ4n) is 2.04. The lowest BCUT2D eigenvalue weighted by Crippen LogP contribution is -2.39. The van der Waals surface area contributed by atoms with E-state index in [1.54, 1.807) is 24.9 Å². The zero-order valence-corrected chi connectivity index (χ0v) is 13.8. The first-order valence-electron chi connectivity index (χ1n) is 6.85. The van der Waals surface area contributed by atoms with Gasteiger partial charge in [-0.05, 0) is 40.7 Å². The van der Waals surface area contributed by atoms with Crippen molar-refractivity contribution in [1.29, 1.82) is 0 Å². The van der Waals surface area contributed by atoms with E-state index in [-0.39, 0.29) is 5.54 Å². The maximum atomic E-state index is 10.7. The molecule has 1 heterocycles. The van der Waals surface area contributed by atoms with E-state index in [1.165, 1.54) is 0 Å². The lowest BCUT2D eigenvalue weighted by Gasteiger charge is -2.28. The van der Waals surface area contributed by atoms with Crippen LogP contribution in [0.1, 0.15) is 39.8 Å². The van der Waals surface area contributed by atoms with E-state index < -0.39 is 5.60 Å². The van der Waals surface area contributed by atoms with E-state index >= 15 is 0 Å². The highest BCUT2D eigenvalue weighted by Crippen LogP contribution is 2.30. The van der Waals surface area contributed by atoms with Crippen LogP contribution in [-0.2, 0) is 16.9 Å². The molecule has 0 fully saturated rings. The number of aliphatic hydroxyl groups is 1. The Morgan fingerprint density at radius 1 is 1.40 bits per heavy atom. The molecule has 5 nitrogen and oxygen atoms in total. The van der Waals surface area contributed by atoms with Crippen LogP contribution in [0.3, 0.4) is 0 Å². The lowest BCUT2D eigenvalue weighted by atomic mass is 9.97. The van der Waals surface area contributed by atoms with Gasteiger partial charge in [0.1, 0.15) is 5.60 Å². The van der Waals surface area contributed by atoms with Gasteiger partial charge in [0, 0.05) is 12.6 Å². The number of ether oxygens (including phenoxy) is 1. The van der Waals surface area contributed by atoms with Crippen LogP contribution in [0.5, 0.6) is 0 Å². The smallest absolute Gasteiger partial charge is 0.106 e. The van der Waals surface area contributed by atoms with E-state index in [0.717, 1.165) is 0 Å². The van der Waals surface area contributed by atoms with E-state index in [9.17, 15) is 5.11 Å². The minimum atomic E-state index is -1.03. The summed E-state index contributed by atoms with van der Waals surface area (Å²) in [6, 6.07) is 0. The molecule has 2 N–H and O–H groups in total. The highest BCUT2D eigenvalue weighted by atomic mass is 35.5. The van der Waals surface area contributed by atoms with Crippen molar-refractivity contribution in [3.63, 3.8) is 0 Å². The fourth-order valence-corrected chi connectivity index (χ4v) is 2.39. The largest absolute Gasteiger partial charge is 0.384 e. The third kappa shape index (κ3) is 5.05. The average Bonchev–Trinajstić information content (AvgIpc) is 2.66. The van der Waals surface area contributed by atoms with Crippen LogP contribution in [0.2, 0.25) is 5.02 Å². The van der Waals surface area contributed by atoms with Crippen molar-refractivity contribution in [2.45, 2.75) is 51.8 Å². The quantitative estimate of drug-likeness (QED) is 0.810. The summed E-state index contributed by atoms with van der Waals surface area (Å²) in [6.07, 6.45) is 2.13. The molecule has 0 aromatic carbocycles. The molecular formula is C14H26ClN3O2. The minimum Gasteiger partial charge on any atom is -0.384 e. The second kappa shape index (κ2) is 6.89. The number of hydrogen-bond acceptors (Lipinski definition) is 4. The molecule has 1 aromatic heterocycles. The molecule has 0 radical (unpaired) electrons. The van der Waals surface area contributed by atoms with Gasteiger partial charge >= 0.3 is 0 Å². The van der Waals surface area contributed by atoms with Crippen molar-refractivity contribution in [3.8, 4) is 0 Å². The van der Waals surface area contributed by atoms with Crippen molar-refractivity contribution in [2.24, 2.45) is 0 Å². The summed E-state index contributed by atoms with van der Waals surface area (Å²) >= 11 is 6.17. The number of hydrogen-bond donors (Lipinski definition) is 2. The van der Waals surface area contributed by atoms with E-state index in [0.29, 0.717) is 36.8 Å². The Hall–Kier alpha value is -0.620. The number of halogens is 1. The van der Waals surface area contributed by atoms with E-state index in [2.05, 4.69) is 31.2 Å². The predicted molar refractivity (Wildman–Crippen MR) is 81.1 cm³/mol. The predicted octanol–water partition coefficient (Wildman–Crippen LogP) is 2.17. The van der Waals surface area contributed by atoms with Crippen molar-refractivity contribution in [3.05, 3.63) is 16.9 Å². The van der Waals surface area contributed by atoms with Gasteiger partial charge in [-0.3, -0.25) is 4.68 Å². The van der Waals surface area contributed by atoms with Crippen molar-refractivity contribution in [1.82, 2.24) is 15.1 Å². The molecular weight excluding hydrogens is 278 g/mol. The molecule has 1 aromatic rings. The molecule has 0 aliphatic rings. The minimum absolute atomic E-state index is 0.0240. The molecule has 0 saturated carbocycles. The SMILES string of the molecule is COCCn1ncc(Cl)c1C(C)(O)CCNC(C)(C)C. The molecule has 1 atom stereocenters. The van der Waals surface area contributed by atoms with Crippen LogP contribution in [0.25, 0.3) is 0 Å². The number of methoxy groups -OCH3 is 1. The van der Waals surface area contributed by atoms with Crippen LogP contribution >= 0.6 is 11.6 Å². The van der Waals surface area contributed by atoms with Crippen LogP contribution in [-0.4, -0.2) is 40.7 Å². The molecule has 0 bridgehead atoms. The van der Waals surface area contributed by atoms with Crippen LogP contribution in [0.15, 0.2) is 6.20 Å². The van der Waals surface area contributed by atoms with Crippen molar-refractivity contribution < 1.29 is 9.84 Å². The normalized spacial score (nSPS) is 15.3. The Balaban J connectivity index is 2.77. The Morgan fingerprint density at radius 2 is 2.05 bits per heavy atom. The Labute approximate surface area is 126 Å². The van der Waals surface area contributed by atoms with Gasteiger partial charge in [0.25, 0.3) is 0 Å². The summed E-state index contributed by atoms with van der Waals surface area (Å²) < 4.78 is 6.76. The molecule has 0 aliphatic heterocycles. The molecule has 0 aliphatic carbocycles. The van der Waals surface area contributed by atoms with Gasteiger partial charge in [0.2, 0.25) is 0 Å². The van der Waals surface area contributed by atoms with E-state index in [1.807, 2.05) is 0 Å². The molecule has 0 amide bonds. The second-order valence-corrected chi connectivity index (χ2v) is 6.66. The second-order valence-electron chi connectivity index (χ2n) is 6.26.